The van der Waals surface area contributed by atoms with E-state index in [1.165, 1.54) is 18.2 Å². The first-order valence-electron chi connectivity index (χ1n) is 4.74. The molecule has 0 fully saturated rings. The topological polar surface area (TPSA) is 91.7 Å². The van der Waals surface area contributed by atoms with Gasteiger partial charge in [0.25, 0.3) is 10.1 Å². The van der Waals surface area contributed by atoms with Gasteiger partial charge in [0.1, 0.15) is 4.90 Å². The summed E-state index contributed by atoms with van der Waals surface area (Å²) in [6, 6.07) is 6.94. The Kier molecular flexibility index (Phi) is 3.02. The smallest absolute Gasteiger partial charge is 0.336 e. The summed E-state index contributed by atoms with van der Waals surface area (Å²) in [6.07, 6.45) is 0. The Morgan fingerprint density at radius 2 is 1.72 bits per heavy atom. The molecule has 0 atom stereocenters. The molecule has 2 aromatic rings. The molecule has 2 aromatic carbocycles. The first kappa shape index (κ1) is 12.8. The van der Waals surface area contributed by atoms with Gasteiger partial charge in [-0.1, -0.05) is 35.9 Å². The second-order valence-corrected chi connectivity index (χ2v) is 5.33. The highest BCUT2D eigenvalue weighted by molar-refractivity contribution is 7.86. The number of benzene rings is 2. The molecule has 94 valence electrons. The quantitative estimate of drug-likeness (QED) is 0.827. The van der Waals surface area contributed by atoms with Crippen LogP contribution in [0.4, 0.5) is 0 Å². The molecular weight excluding hydrogens is 280 g/mol. The van der Waals surface area contributed by atoms with E-state index in [1.54, 1.807) is 6.07 Å². The summed E-state index contributed by atoms with van der Waals surface area (Å²) in [5.74, 6) is -1.23. The highest BCUT2D eigenvalue weighted by atomic mass is 35.5. The number of aromatic carboxylic acids is 1. The van der Waals surface area contributed by atoms with Crippen molar-refractivity contribution in [3.63, 3.8) is 0 Å². The highest BCUT2D eigenvalue weighted by Crippen LogP contribution is 2.32. The third-order valence-electron chi connectivity index (χ3n) is 2.44. The Balaban J connectivity index is 3.05. The van der Waals surface area contributed by atoms with E-state index in [2.05, 4.69) is 0 Å². The number of hydrogen-bond acceptors (Lipinski definition) is 3. The monoisotopic (exact) mass is 286 g/mol. The summed E-state index contributed by atoms with van der Waals surface area (Å²) in [6.45, 7) is 0. The molecule has 0 aliphatic rings. The van der Waals surface area contributed by atoms with Crippen molar-refractivity contribution < 1.29 is 22.9 Å². The molecule has 0 spiro atoms. The first-order chi connectivity index (χ1) is 8.32. The molecule has 0 heterocycles. The standard InChI is InChI=1S/C11H7ClO5S/c12-9-5-8(11(13)14)6-3-1-2-4-7(6)10(9)18(15,16)17/h1-5H,(H,13,14)(H,15,16,17). The number of carbonyl (C=O) groups is 1. The van der Waals surface area contributed by atoms with Crippen LogP contribution in [0.3, 0.4) is 0 Å². The number of fused-ring (bicyclic) bond motifs is 1. The van der Waals surface area contributed by atoms with E-state index in [0.717, 1.165) is 6.07 Å². The number of halogens is 1. The number of hydrogen-bond donors (Lipinski definition) is 2. The van der Waals surface area contributed by atoms with E-state index < -0.39 is 21.0 Å². The Morgan fingerprint density at radius 1 is 1.17 bits per heavy atom. The first-order valence-corrected chi connectivity index (χ1v) is 6.56. The summed E-state index contributed by atoms with van der Waals surface area (Å²) < 4.78 is 31.7. The Hall–Kier alpha value is -1.63. The Morgan fingerprint density at radius 3 is 2.22 bits per heavy atom. The maximum Gasteiger partial charge on any atom is 0.336 e. The van der Waals surface area contributed by atoms with Crippen molar-refractivity contribution in [3.8, 4) is 0 Å². The van der Waals surface area contributed by atoms with E-state index in [1.807, 2.05) is 0 Å². The van der Waals surface area contributed by atoms with Gasteiger partial charge in [0.05, 0.1) is 10.6 Å². The Bertz CT molecular complexity index is 751. The minimum Gasteiger partial charge on any atom is -0.478 e. The second-order valence-electron chi connectivity index (χ2n) is 3.56. The van der Waals surface area contributed by atoms with Crippen molar-refractivity contribution in [2.75, 3.05) is 0 Å². The predicted molar refractivity (Wildman–Crippen MR) is 65.7 cm³/mol. The van der Waals surface area contributed by atoms with E-state index >= 15 is 0 Å². The fourth-order valence-electron chi connectivity index (χ4n) is 1.75. The van der Waals surface area contributed by atoms with E-state index in [0.29, 0.717) is 0 Å². The molecule has 0 aliphatic carbocycles. The summed E-state index contributed by atoms with van der Waals surface area (Å²) in [5.41, 5.74) is -0.122. The summed E-state index contributed by atoms with van der Waals surface area (Å²) in [7, 11) is -4.53. The fourth-order valence-corrected chi connectivity index (χ4v) is 3.02. The van der Waals surface area contributed by atoms with Crippen LogP contribution in [0.15, 0.2) is 35.2 Å². The van der Waals surface area contributed by atoms with Crippen LogP contribution >= 0.6 is 11.6 Å². The summed E-state index contributed by atoms with van der Waals surface area (Å²) in [4.78, 5) is 10.6. The molecule has 0 unspecified atom stereocenters. The van der Waals surface area contributed by atoms with Crippen LogP contribution in [0, 0.1) is 0 Å². The molecule has 0 aromatic heterocycles. The minimum atomic E-state index is -4.53. The molecule has 2 N–H and O–H groups in total. The zero-order valence-electron chi connectivity index (χ0n) is 8.79. The van der Waals surface area contributed by atoms with Gasteiger partial charge in [-0.15, -0.1) is 0 Å². The van der Waals surface area contributed by atoms with Gasteiger partial charge < -0.3 is 5.11 Å². The van der Waals surface area contributed by atoms with Crippen LogP contribution in [0.25, 0.3) is 10.8 Å². The highest BCUT2D eigenvalue weighted by Gasteiger charge is 2.22. The molecule has 2 rings (SSSR count). The molecule has 0 radical (unpaired) electrons. The van der Waals surface area contributed by atoms with Gasteiger partial charge in [-0.2, -0.15) is 8.42 Å². The minimum absolute atomic E-state index is 0.0740. The van der Waals surface area contributed by atoms with Crippen LogP contribution in [-0.2, 0) is 10.1 Å². The molecule has 0 saturated carbocycles. The largest absolute Gasteiger partial charge is 0.478 e. The molecule has 0 bridgehead atoms. The SMILES string of the molecule is O=C(O)c1cc(Cl)c(S(=O)(=O)O)c2ccccc12. The lowest BCUT2D eigenvalue weighted by atomic mass is 10.0. The van der Waals surface area contributed by atoms with Gasteiger partial charge in [-0.3, -0.25) is 4.55 Å². The third-order valence-corrected chi connectivity index (χ3v) is 3.80. The number of carboxylic acids is 1. The van der Waals surface area contributed by atoms with Gasteiger partial charge >= 0.3 is 5.97 Å². The predicted octanol–water partition coefficient (Wildman–Crippen LogP) is 2.44. The zero-order valence-corrected chi connectivity index (χ0v) is 10.4. The van der Waals surface area contributed by atoms with Gasteiger partial charge in [-0.05, 0) is 11.5 Å². The molecule has 18 heavy (non-hydrogen) atoms. The van der Waals surface area contributed by atoms with Gasteiger partial charge in [0.15, 0.2) is 0 Å². The maximum absolute atomic E-state index is 11.3. The van der Waals surface area contributed by atoms with Crippen LogP contribution in [0.5, 0.6) is 0 Å². The molecule has 0 saturated heterocycles. The van der Waals surface area contributed by atoms with Gasteiger partial charge in [0, 0.05) is 5.39 Å². The van der Waals surface area contributed by atoms with Crippen LogP contribution < -0.4 is 0 Å². The maximum atomic E-state index is 11.3. The lowest BCUT2D eigenvalue weighted by Gasteiger charge is -2.09. The normalized spacial score (nSPS) is 11.7. The van der Waals surface area contributed by atoms with Gasteiger partial charge in [-0.25, -0.2) is 4.79 Å². The summed E-state index contributed by atoms with van der Waals surface area (Å²) in [5, 5.41) is 8.98. The average molecular weight is 287 g/mol. The van der Waals surface area contributed by atoms with Crippen molar-refractivity contribution in [3.05, 3.63) is 40.9 Å². The van der Waals surface area contributed by atoms with Crippen molar-refractivity contribution in [2.24, 2.45) is 0 Å². The number of rotatable bonds is 2. The molecule has 0 aliphatic heterocycles. The average Bonchev–Trinajstić information content (AvgIpc) is 2.25. The lowest BCUT2D eigenvalue weighted by Crippen LogP contribution is -2.04. The van der Waals surface area contributed by atoms with E-state index in [4.69, 9.17) is 21.3 Å². The van der Waals surface area contributed by atoms with Crippen molar-refractivity contribution in [1.29, 1.82) is 0 Å². The zero-order chi connectivity index (χ0) is 13.5. The summed E-state index contributed by atoms with van der Waals surface area (Å²) >= 11 is 5.73. The lowest BCUT2D eigenvalue weighted by molar-refractivity contribution is 0.0699. The van der Waals surface area contributed by atoms with Crippen molar-refractivity contribution >= 4 is 38.5 Å². The number of carboxylic acid groups (broad SMARTS) is 1. The molecule has 7 heteroatoms. The molecular formula is C11H7ClO5S. The second kappa shape index (κ2) is 4.24. The molecule has 5 nitrogen and oxygen atoms in total. The van der Waals surface area contributed by atoms with Crippen LogP contribution in [0.2, 0.25) is 5.02 Å². The van der Waals surface area contributed by atoms with Crippen LogP contribution in [-0.4, -0.2) is 24.0 Å². The van der Waals surface area contributed by atoms with Crippen molar-refractivity contribution in [2.45, 2.75) is 4.90 Å². The van der Waals surface area contributed by atoms with Crippen molar-refractivity contribution in [1.82, 2.24) is 0 Å². The van der Waals surface area contributed by atoms with Crippen LogP contribution in [0.1, 0.15) is 10.4 Å². The third kappa shape index (κ3) is 2.05. The molecule has 0 amide bonds. The Labute approximate surface area is 107 Å². The van der Waals surface area contributed by atoms with Gasteiger partial charge in [0.2, 0.25) is 0 Å². The fraction of sp³-hybridized carbons (Fsp3) is 0. The van der Waals surface area contributed by atoms with E-state index in [9.17, 15) is 13.2 Å². The van der Waals surface area contributed by atoms with E-state index in [-0.39, 0.29) is 21.4 Å².